The first-order valence-electron chi connectivity index (χ1n) is 3.49. The lowest BCUT2D eigenvalue weighted by atomic mass is 10.4. The van der Waals surface area contributed by atoms with E-state index in [9.17, 15) is 0 Å². The van der Waals surface area contributed by atoms with Gasteiger partial charge in [-0.15, -0.1) is 12.4 Å². The molecule has 0 aliphatic rings. The van der Waals surface area contributed by atoms with Gasteiger partial charge in [-0.05, 0) is 6.04 Å². The van der Waals surface area contributed by atoms with Gasteiger partial charge in [0.25, 0.3) is 0 Å². The fourth-order valence-corrected chi connectivity index (χ4v) is 0.385. The normalized spacial score (nSPS) is 7.64. The number of benzene rings is 1. The van der Waals surface area contributed by atoms with Crippen molar-refractivity contribution in [3.8, 4) is 0 Å². The molecule has 1 aromatic carbocycles. The van der Waals surface area contributed by atoms with Crippen LogP contribution in [-0.4, -0.2) is 6.04 Å². The molecule has 64 valence electrons. The maximum atomic E-state index is 5.11. The molecule has 0 saturated carbocycles. The molecule has 1 rings (SSSR count). The molecular weight excluding hydrogens is 158 g/mol. The summed E-state index contributed by atoms with van der Waals surface area (Å²) >= 11 is 0. The molecule has 0 fully saturated rings. The summed E-state index contributed by atoms with van der Waals surface area (Å²) < 4.78 is 0. The third kappa shape index (κ3) is 17.7. The van der Waals surface area contributed by atoms with Crippen LogP contribution in [0.25, 0.3) is 0 Å². The van der Waals surface area contributed by atoms with Gasteiger partial charge in [0.05, 0.1) is 0 Å². The maximum Gasteiger partial charge on any atom is -0.00179 e. The van der Waals surface area contributed by atoms with Crippen LogP contribution in [0.4, 0.5) is 0 Å². The summed E-state index contributed by atoms with van der Waals surface area (Å²) in [5.41, 5.74) is 5.11. The first-order chi connectivity index (χ1) is 4.73. The summed E-state index contributed by atoms with van der Waals surface area (Å²) in [6, 6.07) is 12.3. The molecule has 0 amide bonds. The van der Waals surface area contributed by atoms with E-state index in [1.807, 2.05) is 50.2 Å². The van der Waals surface area contributed by atoms with Crippen molar-refractivity contribution in [2.45, 2.75) is 19.9 Å². The Morgan fingerprint density at radius 2 is 0.909 bits per heavy atom. The van der Waals surface area contributed by atoms with Crippen LogP contribution in [-0.2, 0) is 0 Å². The summed E-state index contributed by atoms with van der Waals surface area (Å²) in [6.07, 6.45) is 0. The summed E-state index contributed by atoms with van der Waals surface area (Å²) in [4.78, 5) is 0. The minimum atomic E-state index is 0. The number of hydrogen-bond acceptors (Lipinski definition) is 1. The van der Waals surface area contributed by atoms with Crippen LogP contribution < -0.4 is 5.73 Å². The molecule has 0 heterocycles. The zero-order chi connectivity index (χ0) is 7.82. The van der Waals surface area contributed by atoms with Crippen LogP contribution >= 0.6 is 12.4 Å². The van der Waals surface area contributed by atoms with Crippen LogP contribution in [0.1, 0.15) is 13.8 Å². The van der Waals surface area contributed by atoms with Gasteiger partial charge >= 0.3 is 0 Å². The summed E-state index contributed by atoms with van der Waals surface area (Å²) in [6.45, 7) is 3.89. The van der Waals surface area contributed by atoms with Crippen LogP contribution in [0, 0.1) is 0 Å². The van der Waals surface area contributed by atoms with E-state index in [1.165, 1.54) is 0 Å². The van der Waals surface area contributed by atoms with Gasteiger partial charge in [-0.3, -0.25) is 0 Å². The highest BCUT2D eigenvalue weighted by Gasteiger charge is 1.67. The molecule has 0 atom stereocenters. The zero-order valence-corrected chi connectivity index (χ0v) is 7.84. The molecule has 0 saturated heterocycles. The minimum Gasteiger partial charge on any atom is -0.328 e. The Balaban J connectivity index is 0. The Morgan fingerprint density at radius 3 is 1.00 bits per heavy atom. The van der Waals surface area contributed by atoms with Gasteiger partial charge in [0, 0.05) is 0 Å². The Hall–Kier alpha value is -0.530. The highest BCUT2D eigenvalue weighted by molar-refractivity contribution is 5.85. The molecule has 0 aromatic heterocycles. The van der Waals surface area contributed by atoms with Crippen LogP contribution in [0.5, 0.6) is 0 Å². The SMILES string of the molecule is CC(C)N.Cl.c1ccccc1. The number of halogens is 1. The van der Waals surface area contributed by atoms with Crippen LogP contribution in [0.15, 0.2) is 36.4 Å². The first kappa shape index (κ1) is 13.1. The number of nitrogens with two attached hydrogens (primary N) is 1. The second-order valence-electron chi connectivity index (χ2n) is 2.40. The second-order valence-corrected chi connectivity index (χ2v) is 2.40. The number of rotatable bonds is 0. The summed E-state index contributed by atoms with van der Waals surface area (Å²) in [7, 11) is 0. The summed E-state index contributed by atoms with van der Waals surface area (Å²) in [5, 5.41) is 0. The molecule has 0 bridgehead atoms. The fourth-order valence-electron chi connectivity index (χ4n) is 0.385. The van der Waals surface area contributed by atoms with E-state index >= 15 is 0 Å². The van der Waals surface area contributed by atoms with Crippen molar-refractivity contribution in [1.29, 1.82) is 0 Å². The summed E-state index contributed by atoms with van der Waals surface area (Å²) in [5.74, 6) is 0. The van der Waals surface area contributed by atoms with Gasteiger partial charge < -0.3 is 5.73 Å². The predicted molar refractivity (Wildman–Crippen MR) is 53.0 cm³/mol. The van der Waals surface area contributed by atoms with Crippen molar-refractivity contribution in [2.24, 2.45) is 5.73 Å². The highest BCUT2D eigenvalue weighted by Crippen LogP contribution is 1.79. The molecule has 2 heteroatoms. The van der Waals surface area contributed by atoms with Crippen molar-refractivity contribution >= 4 is 12.4 Å². The zero-order valence-electron chi connectivity index (χ0n) is 7.03. The minimum absolute atomic E-state index is 0. The molecule has 0 spiro atoms. The maximum absolute atomic E-state index is 5.11. The second kappa shape index (κ2) is 9.47. The molecular formula is C9H16ClN. The average Bonchev–Trinajstić information content (AvgIpc) is 1.90. The van der Waals surface area contributed by atoms with Gasteiger partial charge in [-0.2, -0.15) is 0 Å². The van der Waals surface area contributed by atoms with E-state index in [2.05, 4.69) is 0 Å². The van der Waals surface area contributed by atoms with Crippen molar-refractivity contribution < 1.29 is 0 Å². The lowest BCUT2D eigenvalue weighted by Gasteiger charge is -1.81. The Morgan fingerprint density at radius 1 is 0.818 bits per heavy atom. The van der Waals surface area contributed by atoms with E-state index in [0.29, 0.717) is 6.04 Å². The Bertz CT molecular complexity index is 110. The van der Waals surface area contributed by atoms with Gasteiger partial charge in [-0.25, -0.2) is 0 Å². The molecule has 2 N–H and O–H groups in total. The third-order valence-electron chi connectivity index (χ3n) is 0.667. The van der Waals surface area contributed by atoms with E-state index in [-0.39, 0.29) is 12.4 Å². The molecule has 0 unspecified atom stereocenters. The highest BCUT2D eigenvalue weighted by atomic mass is 35.5. The van der Waals surface area contributed by atoms with Gasteiger partial charge in [0.1, 0.15) is 0 Å². The lowest BCUT2D eigenvalue weighted by molar-refractivity contribution is 0.834. The van der Waals surface area contributed by atoms with Crippen molar-refractivity contribution in [2.75, 3.05) is 0 Å². The van der Waals surface area contributed by atoms with Crippen LogP contribution in [0.2, 0.25) is 0 Å². The van der Waals surface area contributed by atoms with Crippen molar-refractivity contribution in [3.05, 3.63) is 36.4 Å². The first-order valence-corrected chi connectivity index (χ1v) is 3.49. The smallest absolute Gasteiger partial charge is 0.00179 e. The Kier molecular flexibility index (Phi) is 11.3. The third-order valence-corrected chi connectivity index (χ3v) is 0.667. The number of hydrogen-bond donors (Lipinski definition) is 1. The molecule has 0 aliphatic carbocycles. The van der Waals surface area contributed by atoms with Gasteiger partial charge in [-0.1, -0.05) is 50.2 Å². The van der Waals surface area contributed by atoms with Crippen molar-refractivity contribution in [3.63, 3.8) is 0 Å². The molecule has 1 aromatic rings. The van der Waals surface area contributed by atoms with E-state index in [1.54, 1.807) is 0 Å². The monoisotopic (exact) mass is 173 g/mol. The van der Waals surface area contributed by atoms with Gasteiger partial charge in [0.2, 0.25) is 0 Å². The fraction of sp³-hybridized carbons (Fsp3) is 0.333. The van der Waals surface area contributed by atoms with Crippen molar-refractivity contribution in [1.82, 2.24) is 0 Å². The molecule has 1 nitrogen and oxygen atoms in total. The Labute approximate surface area is 75.0 Å². The molecule has 11 heavy (non-hydrogen) atoms. The lowest BCUT2D eigenvalue weighted by Crippen LogP contribution is -2.06. The quantitative estimate of drug-likeness (QED) is 0.641. The topological polar surface area (TPSA) is 26.0 Å². The standard InChI is InChI=1S/C6H6.C3H9N.ClH/c1-2-4-6-5-3-1;1-3(2)4;/h1-6H;3H,4H2,1-2H3;1H. The van der Waals surface area contributed by atoms with E-state index in [0.717, 1.165) is 0 Å². The van der Waals surface area contributed by atoms with Gasteiger partial charge in [0.15, 0.2) is 0 Å². The van der Waals surface area contributed by atoms with E-state index < -0.39 is 0 Å². The van der Waals surface area contributed by atoms with E-state index in [4.69, 9.17) is 5.73 Å². The predicted octanol–water partition coefficient (Wildman–Crippen LogP) is 2.46. The largest absolute Gasteiger partial charge is 0.328 e. The molecule has 0 radical (unpaired) electrons. The molecule has 0 aliphatic heterocycles. The van der Waals surface area contributed by atoms with Crippen LogP contribution in [0.3, 0.4) is 0 Å². The average molecular weight is 174 g/mol.